The molecule has 102 valence electrons. The lowest BCUT2D eigenvalue weighted by Gasteiger charge is -2.19. The summed E-state index contributed by atoms with van der Waals surface area (Å²) in [6.45, 7) is 0.168. The van der Waals surface area contributed by atoms with Crippen LogP contribution in [-0.2, 0) is 11.3 Å². The molecule has 19 heavy (non-hydrogen) atoms. The van der Waals surface area contributed by atoms with Crippen LogP contribution in [0, 0.1) is 17.6 Å². The van der Waals surface area contributed by atoms with Gasteiger partial charge >= 0.3 is 0 Å². The average Bonchev–Trinajstić information content (AvgIpc) is 2.85. The Morgan fingerprint density at radius 2 is 2.21 bits per heavy atom. The van der Waals surface area contributed by atoms with Crippen molar-refractivity contribution in [1.29, 1.82) is 0 Å². The van der Waals surface area contributed by atoms with Gasteiger partial charge < -0.3 is 4.90 Å². The monoisotopic (exact) mass is 265 g/mol. The number of carbonyl (C=O) groups is 1. The molecule has 1 atom stereocenters. The second kappa shape index (κ2) is 5.95. The van der Waals surface area contributed by atoms with Crippen LogP contribution in [0.3, 0.4) is 0 Å². The zero-order valence-corrected chi connectivity index (χ0v) is 10.9. The van der Waals surface area contributed by atoms with E-state index in [1.807, 2.05) is 0 Å². The lowest BCUT2D eigenvalue weighted by atomic mass is 10.0. The van der Waals surface area contributed by atoms with Crippen LogP contribution in [-0.4, -0.2) is 17.9 Å². The van der Waals surface area contributed by atoms with Crippen LogP contribution < -0.4 is 0 Å². The van der Waals surface area contributed by atoms with Gasteiger partial charge in [0, 0.05) is 31.6 Å². The van der Waals surface area contributed by atoms with Gasteiger partial charge in [-0.15, -0.1) is 0 Å². The Hall–Kier alpha value is -1.71. The molecule has 0 N–H and O–H groups in total. The second-order valence-electron chi connectivity index (χ2n) is 4.96. The van der Waals surface area contributed by atoms with Crippen molar-refractivity contribution in [3.63, 3.8) is 0 Å². The summed E-state index contributed by atoms with van der Waals surface area (Å²) in [4.78, 5) is 13.5. The van der Waals surface area contributed by atoms with Gasteiger partial charge in [0.05, 0.1) is 0 Å². The van der Waals surface area contributed by atoms with Crippen molar-refractivity contribution in [1.82, 2.24) is 4.90 Å². The van der Waals surface area contributed by atoms with Crippen LogP contribution in [0.5, 0.6) is 0 Å². The second-order valence-corrected chi connectivity index (χ2v) is 4.96. The van der Waals surface area contributed by atoms with Crippen LogP contribution in [0.25, 0.3) is 0 Å². The number of hydrogen-bond acceptors (Lipinski definition) is 1. The fourth-order valence-electron chi connectivity index (χ4n) is 2.24. The molecule has 0 spiro atoms. The first-order valence-electron chi connectivity index (χ1n) is 6.41. The van der Waals surface area contributed by atoms with Crippen molar-refractivity contribution in [3.05, 3.63) is 47.5 Å². The summed E-state index contributed by atoms with van der Waals surface area (Å²) in [6.07, 6.45) is 6.62. The van der Waals surface area contributed by atoms with Gasteiger partial charge in [0.25, 0.3) is 0 Å². The van der Waals surface area contributed by atoms with E-state index >= 15 is 0 Å². The van der Waals surface area contributed by atoms with E-state index in [-0.39, 0.29) is 12.5 Å². The van der Waals surface area contributed by atoms with E-state index < -0.39 is 11.6 Å². The molecule has 1 amide bonds. The van der Waals surface area contributed by atoms with Gasteiger partial charge in [-0.1, -0.05) is 18.2 Å². The van der Waals surface area contributed by atoms with Gasteiger partial charge in [-0.05, 0) is 24.8 Å². The minimum Gasteiger partial charge on any atom is -0.341 e. The molecule has 0 aliphatic heterocycles. The third kappa shape index (κ3) is 3.63. The molecule has 0 saturated heterocycles. The van der Waals surface area contributed by atoms with Crippen molar-refractivity contribution in [3.8, 4) is 0 Å². The van der Waals surface area contributed by atoms with Crippen LogP contribution in [0.4, 0.5) is 8.78 Å². The quantitative estimate of drug-likeness (QED) is 0.765. The molecule has 1 aromatic carbocycles. The summed E-state index contributed by atoms with van der Waals surface area (Å²) in [5.74, 6) is -0.931. The van der Waals surface area contributed by atoms with Gasteiger partial charge in [-0.2, -0.15) is 0 Å². The first-order chi connectivity index (χ1) is 9.06. The highest BCUT2D eigenvalue weighted by molar-refractivity contribution is 5.76. The first kappa shape index (κ1) is 13.7. The third-order valence-electron chi connectivity index (χ3n) is 3.40. The molecule has 0 bridgehead atoms. The number of nitrogens with zero attached hydrogens (tertiary/aromatic N) is 1. The van der Waals surface area contributed by atoms with E-state index in [4.69, 9.17) is 0 Å². The number of rotatable bonds is 4. The molecule has 2 nitrogen and oxygen atoms in total. The Morgan fingerprint density at radius 1 is 1.42 bits per heavy atom. The Bertz CT molecular complexity index is 499. The van der Waals surface area contributed by atoms with Crippen molar-refractivity contribution in [2.45, 2.75) is 25.8 Å². The molecule has 0 radical (unpaired) electrons. The molecule has 1 aliphatic carbocycles. The molecule has 1 aromatic rings. The number of halogens is 2. The predicted octanol–water partition coefficient (Wildman–Crippen LogP) is 3.28. The Kier molecular flexibility index (Phi) is 4.30. The molecular weight excluding hydrogens is 248 g/mol. The number of amides is 1. The number of allylic oxidation sites excluding steroid dienone is 2. The van der Waals surface area contributed by atoms with Gasteiger partial charge in [-0.25, -0.2) is 8.78 Å². The SMILES string of the molecule is CN(Cc1ccc(F)cc1F)C(=O)CC1C=CCC1. The van der Waals surface area contributed by atoms with E-state index in [0.29, 0.717) is 17.9 Å². The fourth-order valence-corrected chi connectivity index (χ4v) is 2.24. The van der Waals surface area contributed by atoms with E-state index in [1.54, 1.807) is 7.05 Å². The molecule has 2 rings (SSSR count). The summed E-state index contributed by atoms with van der Waals surface area (Å²) in [5, 5.41) is 0. The number of hydrogen-bond donors (Lipinski definition) is 0. The van der Waals surface area contributed by atoms with Crippen molar-refractivity contribution in [2.75, 3.05) is 7.05 Å². The lowest BCUT2D eigenvalue weighted by Crippen LogP contribution is -2.27. The van der Waals surface area contributed by atoms with E-state index in [9.17, 15) is 13.6 Å². The van der Waals surface area contributed by atoms with E-state index in [1.165, 1.54) is 17.0 Å². The molecule has 1 unspecified atom stereocenters. The van der Waals surface area contributed by atoms with Crippen LogP contribution >= 0.6 is 0 Å². The standard InChI is InChI=1S/C15H17F2NO/c1-18(15(19)8-11-4-2-3-5-11)10-12-6-7-13(16)9-14(12)17/h2,4,6-7,9,11H,3,5,8,10H2,1H3. The van der Waals surface area contributed by atoms with Crippen molar-refractivity contribution >= 4 is 5.91 Å². The third-order valence-corrected chi connectivity index (χ3v) is 3.40. The predicted molar refractivity (Wildman–Crippen MR) is 69.3 cm³/mol. The highest BCUT2D eigenvalue weighted by Gasteiger charge is 2.18. The highest BCUT2D eigenvalue weighted by Crippen LogP contribution is 2.21. The summed E-state index contributed by atoms with van der Waals surface area (Å²) >= 11 is 0. The zero-order chi connectivity index (χ0) is 13.8. The molecule has 0 heterocycles. The van der Waals surface area contributed by atoms with Gasteiger partial charge in [0.2, 0.25) is 5.91 Å². The van der Waals surface area contributed by atoms with Gasteiger partial charge in [0.15, 0.2) is 0 Å². The highest BCUT2D eigenvalue weighted by atomic mass is 19.1. The fraction of sp³-hybridized carbons (Fsp3) is 0.400. The van der Waals surface area contributed by atoms with E-state index in [0.717, 1.165) is 18.9 Å². The average molecular weight is 265 g/mol. The minimum absolute atomic E-state index is 0.0136. The van der Waals surface area contributed by atoms with Gasteiger partial charge in [0.1, 0.15) is 11.6 Å². The Morgan fingerprint density at radius 3 is 2.84 bits per heavy atom. The number of carbonyl (C=O) groups excluding carboxylic acids is 1. The summed E-state index contributed by atoms with van der Waals surface area (Å²) in [7, 11) is 1.64. The molecule has 0 saturated carbocycles. The van der Waals surface area contributed by atoms with Crippen LogP contribution in [0.15, 0.2) is 30.4 Å². The number of benzene rings is 1. The van der Waals surface area contributed by atoms with Crippen LogP contribution in [0.2, 0.25) is 0 Å². The molecule has 1 aliphatic rings. The zero-order valence-electron chi connectivity index (χ0n) is 10.9. The maximum atomic E-state index is 13.5. The smallest absolute Gasteiger partial charge is 0.223 e. The normalized spacial score (nSPS) is 17.7. The molecule has 4 heteroatoms. The maximum absolute atomic E-state index is 13.5. The first-order valence-corrected chi connectivity index (χ1v) is 6.41. The Balaban J connectivity index is 1.94. The topological polar surface area (TPSA) is 20.3 Å². The summed E-state index contributed by atoms with van der Waals surface area (Å²) in [6, 6.07) is 3.42. The summed E-state index contributed by atoms with van der Waals surface area (Å²) in [5.41, 5.74) is 0.333. The largest absolute Gasteiger partial charge is 0.341 e. The molecule has 0 aromatic heterocycles. The lowest BCUT2D eigenvalue weighted by molar-refractivity contribution is -0.131. The molecule has 0 fully saturated rings. The summed E-state index contributed by atoms with van der Waals surface area (Å²) < 4.78 is 26.3. The molecular formula is C15H17F2NO. The maximum Gasteiger partial charge on any atom is 0.223 e. The minimum atomic E-state index is -0.611. The van der Waals surface area contributed by atoms with Crippen molar-refractivity contribution in [2.24, 2.45) is 5.92 Å². The van der Waals surface area contributed by atoms with Gasteiger partial charge in [-0.3, -0.25) is 4.79 Å². The van der Waals surface area contributed by atoms with Crippen LogP contribution in [0.1, 0.15) is 24.8 Å². The van der Waals surface area contributed by atoms with E-state index in [2.05, 4.69) is 12.2 Å². The van der Waals surface area contributed by atoms with Crippen molar-refractivity contribution < 1.29 is 13.6 Å². The Labute approximate surface area is 111 Å².